The summed E-state index contributed by atoms with van der Waals surface area (Å²) >= 11 is 0. The van der Waals surface area contributed by atoms with Gasteiger partial charge in [-0.3, -0.25) is 4.79 Å². The summed E-state index contributed by atoms with van der Waals surface area (Å²) in [5.74, 6) is 0.384. The minimum atomic E-state index is -3.64. The zero-order chi connectivity index (χ0) is 15.5. The molecule has 0 spiro atoms. The van der Waals surface area contributed by atoms with Crippen molar-refractivity contribution in [2.45, 2.75) is 11.3 Å². The number of carbonyl (C=O) groups excluding carboxylic acids is 1. The Labute approximate surface area is 123 Å². The van der Waals surface area contributed by atoms with Gasteiger partial charge in [0.2, 0.25) is 15.9 Å². The van der Waals surface area contributed by atoms with E-state index in [9.17, 15) is 13.2 Å². The highest BCUT2D eigenvalue weighted by atomic mass is 32.2. The molecule has 0 aromatic heterocycles. The second-order valence-corrected chi connectivity index (χ2v) is 6.34. The molecule has 0 aliphatic carbocycles. The van der Waals surface area contributed by atoms with Crippen molar-refractivity contribution < 1.29 is 22.7 Å². The lowest BCUT2D eigenvalue weighted by molar-refractivity contribution is -0.118. The summed E-state index contributed by atoms with van der Waals surface area (Å²) in [5.41, 5.74) is 0.451. The highest BCUT2D eigenvalue weighted by Gasteiger charge is 2.23. The predicted octanol–water partition coefficient (Wildman–Crippen LogP) is 0.357. The van der Waals surface area contributed by atoms with Crippen LogP contribution in [0, 0.1) is 0 Å². The van der Waals surface area contributed by atoms with Crippen molar-refractivity contribution in [3.8, 4) is 5.75 Å². The topological polar surface area (TPSA) is 84.9 Å². The number of amides is 1. The van der Waals surface area contributed by atoms with Crippen molar-refractivity contribution in [1.29, 1.82) is 0 Å². The molecule has 0 fully saturated rings. The van der Waals surface area contributed by atoms with Crippen molar-refractivity contribution in [1.82, 2.24) is 4.72 Å². The second-order valence-electron chi connectivity index (χ2n) is 4.57. The molecule has 0 radical (unpaired) electrons. The summed E-state index contributed by atoms with van der Waals surface area (Å²) in [4.78, 5) is 13.3. The first kappa shape index (κ1) is 15.7. The van der Waals surface area contributed by atoms with Gasteiger partial charge in [0.25, 0.3) is 0 Å². The van der Waals surface area contributed by atoms with E-state index in [1.165, 1.54) is 24.1 Å². The third-order valence-corrected chi connectivity index (χ3v) is 4.61. The Morgan fingerprint density at radius 2 is 2.19 bits per heavy atom. The zero-order valence-electron chi connectivity index (χ0n) is 12.0. The second kappa shape index (κ2) is 6.42. The van der Waals surface area contributed by atoms with Gasteiger partial charge in [-0.1, -0.05) is 0 Å². The van der Waals surface area contributed by atoms with Crippen molar-refractivity contribution in [3.63, 3.8) is 0 Å². The Morgan fingerprint density at radius 3 is 2.90 bits per heavy atom. The van der Waals surface area contributed by atoms with Gasteiger partial charge in [-0.05, 0) is 18.2 Å². The number of hydrogen-bond donors (Lipinski definition) is 1. The number of ether oxygens (including phenoxy) is 2. The van der Waals surface area contributed by atoms with Crippen LogP contribution < -0.4 is 14.4 Å². The number of rotatable bonds is 5. The van der Waals surface area contributed by atoms with Crippen LogP contribution in [-0.4, -0.2) is 48.2 Å². The molecule has 0 bridgehead atoms. The molecule has 1 aromatic carbocycles. The first-order chi connectivity index (χ1) is 9.95. The number of nitrogens with zero attached hydrogens (tertiary/aromatic N) is 1. The lowest BCUT2D eigenvalue weighted by Gasteiger charge is -2.17. The maximum absolute atomic E-state index is 12.2. The van der Waals surface area contributed by atoms with E-state index in [1.807, 2.05) is 0 Å². The number of anilines is 1. The van der Waals surface area contributed by atoms with Crippen LogP contribution in [0.15, 0.2) is 23.1 Å². The van der Waals surface area contributed by atoms with Gasteiger partial charge in [-0.25, -0.2) is 13.1 Å². The van der Waals surface area contributed by atoms with Gasteiger partial charge in [0.05, 0.1) is 30.2 Å². The molecule has 7 nitrogen and oxygen atoms in total. The summed E-state index contributed by atoms with van der Waals surface area (Å²) < 4.78 is 37.0. The number of hydrogen-bond acceptors (Lipinski definition) is 5. The average molecular weight is 314 g/mol. The van der Waals surface area contributed by atoms with Crippen molar-refractivity contribution in [2.24, 2.45) is 0 Å². The van der Waals surface area contributed by atoms with Gasteiger partial charge in [-0.15, -0.1) is 0 Å². The highest BCUT2D eigenvalue weighted by Crippen LogP contribution is 2.32. The van der Waals surface area contributed by atoms with Gasteiger partial charge < -0.3 is 14.4 Å². The minimum absolute atomic E-state index is 0.0857. The molecule has 1 N–H and O–H groups in total. The molecule has 116 valence electrons. The SMILES string of the molecule is COCCNS(=O)(=O)c1ccc2c(c1)N(C)C(=O)CCO2. The number of methoxy groups -OCH3 is 1. The lowest BCUT2D eigenvalue weighted by atomic mass is 10.2. The van der Waals surface area contributed by atoms with E-state index in [2.05, 4.69) is 4.72 Å². The third-order valence-electron chi connectivity index (χ3n) is 3.15. The van der Waals surface area contributed by atoms with E-state index in [0.29, 0.717) is 11.4 Å². The molecule has 1 aliphatic heterocycles. The van der Waals surface area contributed by atoms with E-state index in [1.54, 1.807) is 13.1 Å². The number of benzene rings is 1. The fourth-order valence-electron chi connectivity index (χ4n) is 1.96. The van der Waals surface area contributed by atoms with E-state index in [0.717, 1.165) is 0 Å². The Morgan fingerprint density at radius 1 is 1.43 bits per heavy atom. The van der Waals surface area contributed by atoms with Crippen LogP contribution in [0.3, 0.4) is 0 Å². The van der Waals surface area contributed by atoms with Gasteiger partial charge in [-0.2, -0.15) is 0 Å². The maximum Gasteiger partial charge on any atom is 0.240 e. The highest BCUT2D eigenvalue weighted by molar-refractivity contribution is 7.89. The molecular weight excluding hydrogens is 296 g/mol. The van der Waals surface area contributed by atoms with Crippen molar-refractivity contribution >= 4 is 21.6 Å². The first-order valence-electron chi connectivity index (χ1n) is 6.47. The fraction of sp³-hybridized carbons (Fsp3) is 0.462. The predicted molar refractivity (Wildman–Crippen MR) is 77.0 cm³/mol. The molecule has 2 rings (SSSR count). The Hall–Kier alpha value is -1.64. The van der Waals surface area contributed by atoms with Gasteiger partial charge in [0.15, 0.2) is 0 Å². The Kier molecular flexibility index (Phi) is 4.81. The smallest absolute Gasteiger partial charge is 0.240 e. The standard InChI is InChI=1S/C13H18N2O5S/c1-15-11-9-10(21(17,18)14-6-8-19-2)3-4-12(11)20-7-5-13(15)16/h3-4,9,14H,5-8H2,1-2H3. The summed E-state index contributed by atoms with van der Waals surface area (Å²) in [5, 5.41) is 0. The molecule has 1 heterocycles. The van der Waals surface area contributed by atoms with E-state index in [4.69, 9.17) is 9.47 Å². The molecule has 1 aliphatic rings. The van der Waals surface area contributed by atoms with E-state index >= 15 is 0 Å². The number of sulfonamides is 1. The van der Waals surface area contributed by atoms with Crippen LogP contribution in [0.25, 0.3) is 0 Å². The average Bonchev–Trinajstić information content (AvgIpc) is 2.59. The largest absolute Gasteiger partial charge is 0.491 e. The van der Waals surface area contributed by atoms with Crippen LogP contribution in [0.4, 0.5) is 5.69 Å². The lowest BCUT2D eigenvalue weighted by Crippen LogP contribution is -2.28. The number of fused-ring (bicyclic) bond motifs is 1. The Balaban J connectivity index is 2.31. The molecule has 0 saturated heterocycles. The van der Waals surface area contributed by atoms with Crippen molar-refractivity contribution in [3.05, 3.63) is 18.2 Å². The third kappa shape index (κ3) is 3.52. The summed E-state index contributed by atoms with van der Waals surface area (Å²) in [7, 11) is -0.546. The molecule has 1 aromatic rings. The van der Waals surface area contributed by atoms with Gasteiger partial charge >= 0.3 is 0 Å². The van der Waals surface area contributed by atoms with Gasteiger partial charge in [0, 0.05) is 20.7 Å². The van der Waals surface area contributed by atoms with Crippen LogP contribution in [-0.2, 0) is 19.6 Å². The van der Waals surface area contributed by atoms with Crippen LogP contribution >= 0.6 is 0 Å². The molecule has 0 atom stereocenters. The molecular formula is C13H18N2O5S. The molecule has 21 heavy (non-hydrogen) atoms. The summed E-state index contributed by atoms with van der Waals surface area (Å²) in [6.45, 7) is 0.751. The molecule has 1 amide bonds. The molecule has 0 saturated carbocycles. The Bertz CT molecular complexity index is 629. The normalized spacial score (nSPS) is 15.3. The maximum atomic E-state index is 12.2. The van der Waals surface area contributed by atoms with E-state index in [-0.39, 0.29) is 37.0 Å². The van der Waals surface area contributed by atoms with Crippen LogP contribution in [0.2, 0.25) is 0 Å². The first-order valence-corrected chi connectivity index (χ1v) is 7.96. The molecule has 8 heteroatoms. The summed E-state index contributed by atoms with van der Waals surface area (Å²) in [6, 6.07) is 4.46. The van der Waals surface area contributed by atoms with Crippen LogP contribution in [0.5, 0.6) is 5.75 Å². The zero-order valence-corrected chi connectivity index (χ0v) is 12.8. The van der Waals surface area contributed by atoms with Crippen molar-refractivity contribution in [2.75, 3.05) is 38.8 Å². The quantitative estimate of drug-likeness (QED) is 0.793. The van der Waals surface area contributed by atoms with Crippen LogP contribution in [0.1, 0.15) is 6.42 Å². The minimum Gasteiger partial charge on any atom is -0.491 e. The molecule has 0 unspecified atom stereocenters. The monoisotopic (exact) mass is 314 g/mol. The van der Waals surface area contributed by atoms with E-state index < -0.39 is 10.0 Å². The van der Waals surface area contributed by atoms with Gasteiger partial charge in [0.1, 0.15) is 5.75 Å². The number of nitrogens with one attached hydrogen (secondary N) is 1. The summed E-state index contributed by atoms with van der Waals surface area (Å²) in [6.07, 6.45) is 0.263. The number of carbonyl (C=O) groups is 1. The fourth-order valence-corrected chi connectivity index (χ4v) is 2.99.